The molecular weight excluding hydrogens is 300 g/mol. The highest BCUT2D eigenvalue weighted by Crippen LogP contribution is 2.38. The summed E-state index contributed by atoms with van der Waals surface area (Å²) in [6.07, 6.45) is 6.40. The smallest absolute Gasteiger partial charge is 0.241 e. The van der Waals surface area contributed by atoms with Gasteiger partial charge in [0.05, 0.1) is 0 Å². The number of nitrogens with zero attached hydrogens (tertiary/aromatic N) is 2. The summed E-state index contributed by atoms with van der Waals surface area (Å²) in [5, 5.41) is 3.38. The minimum absolute atomic E-state index is 0.185. The van der Waals surface area contributed by atoms with Gasteiger partial charge in [0.15, 0.2) is 0 Å². The molecule has 0 amide bonds. The summed E-state index contributed by atoms with van der Waals surface area (Å²) < 4.78 is 25.6. The normalized spacial score (nSPS) is 17.8. The van der Waals surface area contributed by atoms with Crippen LogP contribution in [-0.4, -0.2) is 52.5 Å². The van der Waals surface area contributed by atoms with Crippen molar-refractivity contribution >= 4 is 15.8 Å². The summed E-state index contributed by atoms with van der Waals surface area (Å²) in [4.78, 5) is 6.64. The molecule has 1 aromatic heterocycles. The fraction of sp³-hybridized carbons (Fsp3) is 0.667. The number of hydrogen-bond donors (Lipinski definition) is 2. The van der Waals surface area contributed by atoms with Crippen molar-refractivity contribution in [1.82, 2.24) is 14.6 Å². The molecule has 1 saturated carbocycles. The van der Waals surface area contributed by atoms with E-state index in [1.165, 1.54) is 38.9 Å². The molecule has 0 unspecified atom stereocenters. The molecule has 7 heteroatoms. The zero-order valence-corrected chi connectivity index (χ0v) is 14.4. The van der Waals surface area contributed by atoms with E-state index in [1.54, 1.807) is 12.1 Å². The molecule has 2 N–H and O–H groups in total. The van der Waals surface area contributed by atoms with Crippen LogP contribution in [0.2, 0.25) is 0 Å². The molecule has 0 spiro atoms. The summed E-state index contributed by atoms with van der Waals surface area (Å²) >= 11 is 0. The Kier molecular flexibility index (Phi) is 5.41. The van der Waals surface area contributed by atoms with Crippen LogP contribution in [0.4, 0.5) is 5.82 Å². The van der Waals surface area contributed by atoms with Gasteiger partial charge in [-0.15, -0.1) is 0 Å². The maximum absolute atomic E-state index is 11.7. The van der Waals surface area contributed by atoms with E-state index < -0.39 is 10.0 Å². The number of aromatic nitrogens is 1. The van der Waals surface area contributed by atoms with Gasteiger partial charge < -0.3 is 10.2 Å². The third-order valence-electron chi connectivity index (χ3n) is 4.28. The van der Waals surface area contributed by atoms with E-state index >= 15 is 0 Å². The molecule has 22 heavy (non-hydrogen) atoms. The van der Waals surface area contributed by atoms with Crippen molar-refractivity contribution in [3.05, 3.63) is 18.3 Å². The van der Waals surface area contributed by atoms with Crippen LogP contribution in [0.1, 0.15) is 25.7 Å². The van der Waals surface area contributed by atoms with Crippen molar-refractivity contribution < 1.29 is 8.42 Å². The predicted molar refractivity (Wildman–Crippen MR) is 88.4 cm³/mol. The monoisotopic (exact) mass is 326 g/mol. The second-order valence-corrected chi connectivity index (χ2v) is 8.27. The lowest BCUT2D eigenvalue weighted by Crippen LogP contribution is -2.37. The summed E-state index contributed by atoms with van der Waals surface area (Å²) in [5.41, 5.74) is 0.293. The average Bonchev–Trinajstić information content (AvgIpc) is 2.93. The Balaban J connectivity index is 2.02. The van der Waals surface area contributed by atoms with Crippen LogP contribution >= 0.6 is 0 Å². The minimum atomic E-state index is -3.42. The first-order valence-electron chi connectivity index (χ1n) is 7.65. The van der Waals surface area contributed by atoms with Crippen molar-refractivity contribution in [3.63, 3.8) is 0 Å². The Morgan fingerprint density at radius 3 is 2.45 bits per heavy atom. The molecule has 0 aromatic carbocycles. The molecule has 124 valence electrons. The van der Waals surface area contributed by atoms with Gasteiger partial charge in [0.2, 0.25) is 10.0 Å². The first-order chi connectivity index (χ1) is 10.4. The lowest BCUT2D eigenvalue weighted by molar-refractivity contribution is 0.215. The SMILES string of the molecule is CNS(=O)(=O)c1ccc(NCC2(CN(C)C)CCCC2)nc1. The maximum Gasteiger partial charge on any atom is 0.241 e. The number of sulfonamides is 1. The van der Waals surface area contributed by atoms with Crippen LogP contribution in [0.15, 0.2) is 23.2 Å². The summed E-state index contributed by atoms with van der Waals surface area (Å²) in [6.45, 7) is 1.93. The molecule has 1 aromatic rings. The molecule has 0 atom stereocenters. The molecule has 0 aliphatic heterocycles. The van der Waals surface area contributed by atoms with Gasteiger partial charge in [-0.3, -0.25) is 0 Å². The standard InChI is InChI=1S/C15H26N4O2S/c1-16-22(20,21)13-6-7-14(17-10-13)18-11-15(12-19(2)3)8-4-5-9-15/h6-7,10,16H,4-5,8-9,11-12H2,1-3H3,(H,17,18). The Labute approximate surface area is 133 Å². The first-order valence-corrected chi connectivity index (χ1v) is 9.13. The number of rotatable bonds is 7. The maximum atomic E-state index is 11.7. The van der Waals surface area contributed by atoms with Gasteiger partial charge in [0, 0.05) is 24.7 Å². The molecule has 0 radical (unpaired) electrons. The van der Waals surface area contributed by atoms with E-state index in [0.29, 0.717) is 5.41 Å². The Morgan fingerprint density at radius 1 is 1.27 bits per heavy atom. The van der Waals surface area contributed by atoms with Crippen LogP contribution in [0, 0.1) is 5.41 Å². The molecule has 6 nitrogen and oxygen atoms in total. The fourth-order valence-corrected chi connectivity index (χ4v) is 3.90. The van der Waals surface area contributed by atoms with E-state index in [2.05, 4.69) is 34.0 Å². The number of hydrogen-bond acceptors (Lipinski definition) is 5. The zero-order valence-electron chi connectivity index (χ0n) is 13.6. The summed E-state index contributed by atoms with van der Waals surface area (Å²) in [7, 11) is 2.19. The first kappa shape index (κ1) is 17.2. The Hall–Kier alpha value is -1.18. The number of anilines is 1. The van der Waals surface area contributed by atoms with Crippen LogP contribution in [0.3, 0.4) is 0 Å². The van der Waals surface area contributed by atoms with Gasteiger partial charge in [0.1, 0.15) is 10.7 Å². The molecule has 1 aliphatic rings. The minimum Gasteiger partial charge on any atom is -0.369 e. The van der Waals surface area contributed by atoms with Gasteiger partial charge in [-0.2, -0.15) is 0 Å². The Morgan fingerprint density at radius 2 is 1.95 bits per heavy atom. The van der Waals surface area contributed by atoms with Gasteiger partial charge in [0.25, 0.3) is 0 Å². The second-order valence-electron chi connectivity index (χ2n) is 6.39. The van der Waals surface area contributed by atoms with Crippen molar-refractivity contribution in [3.8, 4) is 0 Å². The average molecular weight is 326 g/mol. The highest BCUT2D eigenvalue weighted by molar-refractivity contribution is 7.89. The number of pyridine rings is 1. The third-order valence-corrected chi connectivity index (χ3v) is 5.68. The van der Waals surface area contributed by atoms with E-state index in [1.807, 2.05) is 0 Å². The highest BCUT2D eigenvalue weighted by atomic mass is 32.2. The fourth-order valence-electron chi connectivity index (χ4n) is 3.23. The van der Waals surface area contributed by atoms with Crippen molar-refractivity contribution in [2.45, 2.75) is 30.6 Å². The van der Waals surface area contributed by atoms with Gasteiger partial charge in [-0.05, 0) is 46.1 Å². The topological polar surface area (TPSA) is 74.3 Å². The molecular formula is C15H26N4O2S. The summed E-state index contributed by atoms with van der Waals surface area (Å²) in [5.74, 6) is 0.722. The molecule has 0 saturated heterocycles. The van der Waals surface area contributed by atoms with Crippen LogP contribution in [0.25, 0.3) is 0 Å². The predicted octanol–water partition coefficient (Wildman–Crippen LogP) is 1.52. The lowest BCUT2D eigenvalue weighted by Gasteiger charge is -2.32. The van der Waals surface area contributed by atoms with E-state index in [-0.39, 0.29) is 4.90 Å². The van der Waals surface area contributed by atoms with Gasteiger partial charge in [-0.1, -0.05) is 12.8 Å². The van der Waals surface area contributed by atoms with Crippen molar-refractivity contribution in [2.75, 3.05) is 39.5 Å². The quantitative estimate of drug-likeness (QED) is 0.795. The highest BCUT2D eigenvalue weighted by Gasteiger charge is 2.34. The van der Waals surface area contributed by atoms with Crippen LogP contribution < -0.4 is 10.0 Å². The number of nitrogens with one attached hydrogen (secondary N) is 2. The van der Waals surface area contributed by atoms with Crippen molar-refractivity contribution in [1.29, 1.82) is 0 Å². The summed E-state index contributed by atoms with van der Waals surface area (Å²) in [6, 6.07) is 3.30. The van der Waals surface area contributed by atoms with Crippen LogP contribution in [-0.2, 0) is 10.0 Å². The van der Waals surface area contributed by atoms with E-state index in [0.717, 1.165) is 18.9 Å². The van der Waals surface area contributed by atoms with Crippen molar-refractivity contribution in [2.24, 2.45) is 5.41 Å². The van der Waals surface area contributed by atoms with E-state index in [9.17, 15) is 8.42 Å². The lowest BCUT2D eigenvalue weighted by atomic mass is 9.85. The van der Waals surface area contributed by atoms with Crippen LogP contribution in [0.5, 0.6) is 0 Å². The molecule has 1 fully saturated rings. The third kappa shape index (κ3) is 4.18. The molecule has 2 rings (SSSR count). The largest absolute Gasteiger partial charge is 0.369 e. The molecule has 1 aliphatic carbocycles. The zero-order chi connectivity index (χ0) is 16.2. The Bertz CT molecular complexity index is 578. The molecule has 1 heterocycles. The second kappa shape index (κ2) is 6.93. The van der Waals surface area contributed by atoms with E-state index in [4.69, 9.17) is 0 Å². The van der Waals surface area contributed by atoms with Gasteiger partial charge >= 0.3 is 0 Å². The molecule has 0 bridgehead atoms. The van der Waals surface area contributed by atoms with Gasteiger partial charge in [-0.25, -0.2) is 18.1 Å².